The number of hydrogen-bond donors (Lipinski definition) is 1. The minimum Gasteiger partial charge on any atom is -0.400 e. The Labute approximate surface area is 104 Å². The van der Waals surface area contributed by atoms with Gasteiger partial charge in [0.1, 0.15) is 0 Å². The first kappa shape index (κ1) is 13.5. The third kappa shape index (κ3) is 4.41. The molecule has 0 aliphatic carbocycles. The summed E-state index contributed by atoms with van der Waals surface area (Å²) >= 11 is 0. The molecule has 0 amide bonds. The third-order valence-corrected chi connectivity index (χ3v) is 2.65. The second-order valence-corrected chi connectivity index (χ2v) is 4.15. The van der Waals surface area contributed by atoms with Crippen LogP contribution in [0.15, 0.2) is 48.5 Å². The quantitative estimate of drug-likeness (QED) is 0.834. The lowest BCUT2D eigenvalue weighted by molar-refractivity contribution is 0.399. The topological polar surface area (TPSA) is 20.2 Å². The van der Waals surface area contributed by atoms with E-state index >= 15 is 0 Å². The van der Waals surface area contributed by atoms with Crippen molar-refractivity contribution < 1.29 is 5.11 Å². The zero-order chi connectivity index (χ0) is 12.7. The van der Waals surface area contributed by atoms with E-state index in [1.165, 1.54) is 22.3 Å². The number of aliphatic hydroxyl groups is 1. The molecule has 1 N–H and O–H groups in total. The number of benzene rings is 2. The van der Waals surface area contributed by atoms with Crippen LogP contribution in [-0.2, 0) is 6.42 Å². The minimum absolute atomic E-state index is 1.00. The molecule has 90 valence electrons. The molecule has 0 aliphatic rings. The van der Waals surface area contributed by atoms with Gasteiger partial charge in [0, 0.05) is 7.11 Å². The Morgan fingerprint density at radius 3 is 1.24 bits per heavy atom. The van der Waals surface area contributed by atoms with Crippen LogP contribution in [0.2, 0.25) is 0 Å². The molecule has 2 aromatic carbocycles. The van der Waals surface area contributed by atoms with E-state index in [1.807, 2.05) is 0 Å². The highest BCUT2D eigenvalue weighted by Crippen LogP contribution is 2.11. The van der Waals surface area contributed by atoms with Gasteiger partial charge in [-0.2, -0.15) is 0 Å². The van der Waals surface area contributed by atoms with E-state index in [-0.39, 0.29) is 0 Å². The molecule has 0 bridgehead atoms. The zero-order valence-corrected chi connectivity index (χ0v) is 10.8. The van der Waals surface area contributed by atoms with Crippen LogP contribution < -0.4 is 0 Å². The number of rotatable bonds is 2. The van der Waals surface area contributed by atoms with E-state index < -0.39 is 0 Å². The lowest BCUT2D eigenvalue weighted by Crippen LogP contribution is -1.88. The van der Waals surface area contributed by atoms with Gasteiger partial charge in [-0.25, -0.2) is 0 Å². The molecule has 0 heterocycles. The van der Waals surface area contributed by atoms with Crippen LogP contribution in [0.1, 0.15) is 22.3 Å². The van der Waals surface area contributed by atoms with E-state index in [4.69, 9.17) is 5.11 Å². The van der Waals surface area contributed by atoms with Crippen LogP contribution in [0.5, 0.6) is 0 Å². The Morgan fingerprint density at radius 2 is 0.941 bits per heavy atom. The molecule has 0 aliphatic heterocycles. The fourth-order valence-electron chi connectivity index (χ4n) is 1.65. The van der Waals surface area contributed by atoms with Gasteiger partial charge in [-0.15, -0.1) is 0 Å². The average molecular weight is 228 g/mol. The van der Waals surface area contributed by atoms with E-state index in [0.29, 0.717) is 0 Å². The molecule has 0 atom stereocenters. The summed E-state index contributed by atoms with van der Waals surface area (Å²) < 4.78 is 0. The Morgan fingerprint density at radius 1 is 0.647 bits per heavy atom. The number of aryl methyl sites for hydroxylation is 2. The van der Waals surface area contributed by atoms with Gasteiger partial charge < -0.3 is 5.11 Å². The highest BCUT2D eigenvalue weighted by Gasteiger charge is 1.95. The maximum atomic E-state index is 7.00. The normalized spacial score (nSPS) is 9.41. The fraction of sp³-hybridized carbons (Fsp3) is 0.250. The van der Waals surface area contributed by atoms with Crippen LogP contribution in [0.4, 0.5) is 0 Å². The molecule has 17 heavy (non-hydrogen) atoms. The van der Waals surface area contributed by atoms with Crippen molar-refractivity contribution >= 4 is 0 Å². The molecule has 0 saturated carbocycles. The lowest BCUT2D eigenvalue weighted by atomic mass is 10.0. The number of hydrogen-bond acceptors (Lipinski definition) is 1. The zero-order valence-electron chi connectivity index (χ0n) is 10.8. The fourth-order valence-corrected chi connectivity index (χ4v) is 1.65. The average Bonchev–Trinajstić information content (AvgIpc) is 2.37. The molecule has 0 saturated heterocycles. The van der Waals surface area contributed by atoms with Crippen molar-refractivity contribution in [3.05, 3.63) is 70.8 Å². The van der Waals surface area contributed by atoms with Gasteiger partial charge >= 0.3 is 0 Å². The molecule has 2 aromatic rings. The van der Waals surface area contributed by atoms with Crippen LogP contribution in [0.25, 0.3) is 0 Å². The van der Waals surface area contributed by atoms with Crippen molar-refractivity contribution in [1.82, 2.24) is 0 Å². The minimum atomic E-state index is 1.00. The standard InChI is InChI=1S/C15H16.CH4O/c1-12-3-7-14(8-4-12)11-15-9-5-13(2)6-10-15;1-2/h3-10H,11H2,1-2H3;2H,1H3. The summed E-state index contributed by atoms with van der Waals surface area (Å²) in [5.74, 6) is 0. The largest absolute Gasteiger partial charge is 0.400 e. The van der Waals surface area contributed by atoms with E-state index in [2.05, 4.69) is 62.4 Å². The summed E-state index contributed by atoms with van der Waals surface area (Å²) in [5.41, 5.74) is 5.40. The molecule has 0 radical (unpaired) electrons. The molecular weight excluding hydrogens is 208 g/mol. The first-order valence-corrected chi connectivity index (χ1v) is 5.80. The Bertz CT molecular complexity index is 383. The van der Waals surface area contributed by atoms with Crippen LogP contribution >= 0.6 is 0 Å². The Kier molecular flexibility index (Phi) is 5.44. The van der Waals surface area contributed by atoms with Gasteiger partial charge in [0.25, 0.3) is 0 Å². The SMILES string of the molecule is CO.Cc1ccc(Cc2ccc(C)cc2)cc1. The van der Waals surface area contributed by atoms with Gasteiger partial charge in [0.15, 0.2) is 0 Å². The molecule has 0 unspecified atom stereocenters. The van der Waals surface area contributed by atoms with Crippen molar-refractivity contribution in [3.63, 3.8) is 0 Å². The predicted molar refractivity (Wildman–Crippen MR) is 73.3 cm³/mol. The first-order chi connectivity index (χ1) is 8.24. The van der Waals surface area contributed by atoms with E-state index in [9.17, 15) is 0 Å². The van der Waals surface area contributed by atoms with Crippen molar-refractivity contribution in [1.29, 1.82) is 0 Å². The maximum absolute atomic E-state index is 7.00. The summed E-state index contributed by atoms with van der Waals surface area (Å²) in [6, 6.07) is 17.5. The van der Waals surface area contributed by atoms with Crippen molar-refractivity contribution in [3.8, 4) is 0 Å². The lowest BCUT2D eigenvalue weighted by Gasteiger charge is -2.03. The van der Waals surface area contributed by atoms with Crippen LogP contribution in [0, 0.1) is 13.8 Å². The van der Waals surface area contributed by atoms with Gasteiger partial charge in [-0.05, 0) is 31.4 Å². The van der Waals surface area contributed by atoms with Gasteiger partial charge in [-0.3, -0.25) is 0 Å². The van der Waals surface area contributed by atoms with E-state index in [1.54, 1.807) is 0 Å². The Balaban J connectivity index is 0.000000686. The summed E-state index contributed by atoms with van der Waals surface area (Å²) in [7, 11) is 1.00. The predicted octanol–water partition coefficient (Wildman–Crippen LogP) is 3.50. The summed E-state index contributed by atoms with van der Waals surface area (Å²) in [6.07, 6.45) is 1.03. The molecule has 0 aromatic heterocycles. The van der Waals surface area contributed by atoms with Crippen molar-refractivity contribution in [2.24, 2.45) is 0 Å². The van der Waals surface area contributed by atoms with Crippen molar-refractivity contribution in [2.75, 3.05) is 7.11 Å². The highest BCUT2D eigenvalue weighted by molar-refractivity contribution is 5.29. The molecular formula is C16H20O. The molecule has 1 nitrogen and oxygen atoms in total. The second kappa shape index (κ2) is 6.87. The highest BCUT2D eigenvalue weighted by atomic mass is 16.2. The van der Waals surface area contributed by atoms with Gasteiger partial charge in [0.05, 0.1) is 0 Å². The molecule has 0 spiro atoms. The van der Waals surface area contributed by atoms with Gasteiger partial charge in [-0.1, -0.05) is 59.7 Å². The van der Waals surface area contributed by atoms with E-state index in [0.717, 1.165) is 13.5 Å². The van der Waals surface area contributed by atoms with Crippen molar-refractivity contribution in [2.45, 2.75) is 20.3 Å². The smallest absolute Gasteiger partial charge is 0.0319 e. The molecule has 2 rings (SSSR count). The third-order valence-electron chi connectivity index (χ3n) is 2.65. The van der Waals surface area contributed by atoms with Crippen LogP contribution in [-0.4, -0.2) is 12.2 Å². The molecule has 1 heteroatoms. The molecule has 0 fully saturated rings. The maximum Gasteiger partial charge on any atom is 0.0319 e. The first-order valence-electron chi connectivity index (χ1n) is 5.80. The summed E-state index contributed by atoms with van der Waals surface area (Å²) in [5, 5.41) is 7.00. The van der Waals surface area contributed by atoms with Crippen LogP contribution in [0.3, 0.4) is 0 Å². The summed E-state index contributed by atoms with van der Waals surface area (Å²) in [4.78, 5) is 0. The Hall–Kier alpha value is -1.60. The monoisotopic (exact) mass is 228 g/mol. The number of aliphatic hydroxyl groups excluding tert-OH is 1. The van der Waals surface area contributed by atoms with Gasteiger partial charge in [0.2, 0.25) is 0 Å². The summed E-state index contributed by atoms with van der Waals surface area (Å²) in [6.45, 7) is 4.24. The second-order valence-electron chi connectivity index (χ2n) is 4.15.